The van der Waals surface area contributed by atoms with Crippen LogP contribution in [0.1, 0.15) is 36.8 Å². The fourth-order valence-electron chi connectivity index (χ4n) is 3.63. The van der Waals surface area contributed by atoms with E-state index in [9.17, 15) is 4.79 Å². The Bertz CT molecular complexity index is 670. The lowest BCUT2D eigenvalue weighted by atomic mass is 10.0. The van der Waals surface area contributed by atoms with E-state index >= 15 is 0 Å². The van der Waals surface area contributed by atoms with Gasteiger partial charge in [-0.15, -0.1) is 0 Å². The minimum atomic E-state index is -0.0103. The zero-order valence-electron chi connectivity index (χ0n) is 14.5. The highest BCUT2D eigenvalue weighted by molar-refractivity contribution is 6.31. The van der Waals surface area contributed by atoms with Gasteiger partial charge in [-0.1, -0.05) is 35.9 Å². The van der Waals surface area contributed by atoms with Gasteiger partial charge in [-0.2, -0.15) is 0 Å². The third-order valence-electron chi connectivity index (χ3n) is 5.09. The Balaban J connectivity index is 1.68. The number of aryl methyl sites for hydroxylation is 1. The summed E-state index contributed by atoms with van der Waals surface area (Å²) in [5.74, 6) is 6.76. The van der Waals surface area contributed by atoms with Gasteiger partial charge in [0.15, 0.2) is 0 Å². The molecule has 0 bridgehead atoms. The van der Waals surface area contributed by atoms with E-state index in [1.54, 1.807) is 0 Å². The lowest BCUT2D eigenvalue weighted by Gasteiger charge is -2.28. The number of amides is 1. The molecule has 0 radical (unpaired) electrons. The molecule has 3 nitrogen and oxygen atoms in total. The molecule has 2 aliphatic heterocycles. The maximum absolute atomic E-state index is 12.5. The average Bonchev–Trinajstić information content (AvgIpc) is 2.85. The van der Waals surface area contributed by atoms with Crippen LogP contribution in [0.5, 0.6) is 0 Å². The summed E-state index contributed by atoms with van der Waals surface area (Å²) < 4.78 is 0. The zero-order valence-corrected chi connectivity index (χ0v) is 15.3. The van der Waals surface area contributed by atoms with Gasteiger partial charge in [-0.25, -0.2) is 0 Å². The predicted molar refractivity (Wildman–Crippen MR) is 98.0 cm³/mol. The summed E-state index contributed by atoms with van der Waals surface area (Å²) in [7, 11) is 1.87. The van der Waals surface area contributed by atoms with Crippen LogP contribution in [0.15, 0.2) is 18.2 Å². The number of rotatable bonds is 2. The number of carbonyl (C=O) groups is 1. The van der Waals surface area contributed by atoms with E-state index in [2.05, 4.69) is 16.7 Å². The van der Waals surface area contributed by atoms with Crippen molar-refractivity contribution in [1.29, 1.82) is 0 Å². The van der Waals surface area contributed by atoms with Crippen molar-refractivity contribution in [2.75, 3.05) is 26.7 Å². The van der Waals surface area contributed by atoms with E-state index in [0.717, 1.165) is 37.2 Å². The van der Waals surface area contributed by atoms with Gasteiger partial charge in [0, 0.05) is 19.2 Å². The molecule has 0 spiro atoms. The first-order valence-corrected chi connectivity index (χ1v) is 9.19. The van der Waals surface area contributed by atoms with E-state index in [1.807, 2.05) is 37.1 Å². The molecule has 2 unspecified atom stereocenters. The van der Waals surface area contributed by atoms with Gasteiger partial charge in [-0.05, 0) is 57.0 Å². The molecule has 2 aliphatic rings. The highest BCUT2D eigenvalue weighted by atomic mass is 35.5. The number of carbonyl (C=O) groups excluding carboxylic acids is 1. The Hall–Kier alpha value is -1.50. The number of benzene rings is 1. The minimum Gasteiger partial charge on any atom is -0.332 e. The molecule has 2 atom stereocenters. The second-order valence-corrected chi connectivity index (χ2v) is 7.42. The molecule has 0 aromatic heterocycles. The van der Waals surface area contributed by atoms with Crippen LogP contribution in [-0.4, -0.2) is 48.4 Å². The van der Waals surface area contributed by atoms with E-state index in [1.165, 1.54) is 19.3 Å². The molecule has 3 rings (SSSR count). The maximum atomic E-state index is 12.5. The van der Waals surface area contributed by atoms with Crippen LogP contribution in [0.25, 0.3) is 0 Å². The molecule has 0 N–H and O–H groups in total. The van der Waals surface area contributed by atoms with Gasteiger partial charge in [0.25, 0.3) is 0 Å². The minimum absolute atomic E-state index is 0.0103. The lowest BCUT2D eigenvalue weighted by molar-refractivity contribution is -0.130. The van der Waals surface area contributed by atoms with Crippen LogP contribution in [0, 0.1) is 24.7 Å². The maximum Gasteiger partial charge on any atom is 0.227 e. The first-order chi connectivity index (χ1) is 11.5. The van der Waals surface area contributed by atoms with Crippen LogP contribution in [-0.2, 0) is 4.79 Å². The summed E-state index contributed by atoms with van der Waals surface area (Å²) in [5.41, 5.74) is 1.99. The second-order valence-electron chi connectivity index (χ2n) is 7.01. The zero-order chi connectivity index (χ0) is 17.1. The van der Waals surface area contributed by atoms with Gasteiger partial charge < -0.3 is 9.80 Å². The molecule has 1 aromatic carbocycles. The molecule has 2 heterocycles. The molecule has 4 heteroatoms. The topological polar surface area (TPSA) is 23.6 Å². The van der Waals surface area contributed by atoms with Gasteiger partial charge in [-0.3, -0.25) is 4.79 Å². The van der Waals surface area contributed by atoms with E-state index in [0.29, 0.717) is 5.02 Å². The average molecular weight is 345 g/mol. The number of halogens is 1. The van der Waals surface area contributed by atoms with Crippen LogP contribution in [0.3, 0.4) is 0 Å². The van der Waals surface area contributed by atoms with Crippen LogP contribution in [0.4, 0.5) is 0 Å². The summed E-state index contributed by atoms with van der Waals surface area (Å²) in [5, 5.41) is 0.671. The fraction of sp³-hybridized carbons (Fsp3) is 0.550. The van der Waals surface area contributed by atoms with Crippen molar-refractivity contribution in [2.45, 2.75) is 38.6 Å². The van der Waals surface area contributed by atoms with Gasteiger partial charge >= 0.3 is 0 Å². The lowest BCUT2D eigenvalue weighted by Crippen LogP contribution is -2.37. The summed E-state index contributed by atoms with van der Waals surface area (Å²) in [6.07, 6.45) is 4.65. The first-order valence-electron chi connectivity index (χ1n) is 8.81. The van der Waals surface area contributed by atoms with Crippen LogP contribution >= 0.6 is 11.6 Å². The van der Waals surface area contributed by atoms with E-state index in [4.69, 9.17) is 11.6 Å². The first kappa shape index (κ1) is 17.3. The van der Waals surface area contributed by atoms with Gasteiger partial charge in [0.1, 0.15) is 0 Å². The second kappa shape index (κ2) is 7.59. The standard InChI is InChI=1S/C20H25ClN2O/c1-15-6-9-19(21)16(12-15)7-8-18-13-17(20(24)22(18)2)14-23-10-4-3-5-11-23/h6,9,12,17-18H,3-5,10-11,13-14H2,1-2H3. The van der Waals surface area contributed by atoms with Crippen molar-refractivity contribution >= 4 is 17.5 Å². The number of hydrogen-bond donors (Lipinski definition) is 0. The number of hydrogen-bond acceptors (Lipinski definition) is 2. The van der Waals surface area contributed by atoms with Crippen LogP contribution < -0.4 is 0 Å². The molecule has 24 heavy (non-hydrogen) atoms. The Morgan fingerprint density at radius 1 is 1.25 bits per heavy atom. The number of piperidine rings is 1. The molecule has 1 amide bonds. The summed E-state index contributed by atoms with van der Waals surface area (Å²) in [4.78, 5) is 16.8. The van der Waals surface area contributed by atoms with Gasteiger partial charge in [0.2, 0.25) is 5.91 Å². The Kier molecular flexibility index (Phi) is 5.48. The summed E-state index contributed by atoms with van der Waals surface area (Å²) >= 11 is 6.21. The SMILES string of the molecule is Cc1ccc(Cl)c(C#CC2CC(CN3CCCCC3)C(=O)N2C)c1. The van der Waals surface area contributed by atoms with Crippen molar-refractivity contribution in [1.82, 2.24) is 9.80 Å². The highest BCUT2D eigenvalue weighted by Crippen LogP contribution is 2.25. The van der Waals surface area contributed by atoms with Gasteiger partial charge in [0.05, 0.1) is 17.0 Å². The molecule has 2 fully saturated rings. The van der Waals surface area contributed by atoms with E-state index in [-0.39, 0.29) is 17.9 Å². The smallest absolute Gasteiger partial charge is 0.227 e. The molecular formula is C20H25ClN2O. The van der Waals surface area contributed by atoms with Crippen molar-refractivity contribution in [3.05, 3.63) is 34.3 Å². The number of nitrogens with zero attached hydrogens (tertiary/aromatic N) is 2. The third kappa shape index (κ3) is 3.94. The summed E-state index contributed by atoms with van der Waals surface area (Å²) in [6.45, 7) is 5.17. The molecule has 1 aromatic rings. The molecular weight excluding hydrogens is 320 g/mol. The molecule has 128 valence electrons. The monoisotopic (exact) mass is 344 g/mol. The predicted octanol–water partition coefficient (Wildman–Crippen LogP) is 3.33. The molecule has 0 aliphatic carbocycles. The number of likely N-dealkylation sites (tertiary alicyclic amines) is 2. The van der Waals surface area contributed by atoms with Crippen LogP contribution in [0.2, 0.25) is 5.02 Å². The van der Waals surface area contributed by atoms with Crippen molar-refractivity contribution in [3.63, 3.8) is 0 Å². The highest BCUT2D eigenvalue weighted by Gasteiger charge is 2.37. The third-order valence-corrected chi connectivity index (χ3v) is 5.42. The van der Waals surface area contributed by atoms with E-state index < -0.39 is 0 Å². The fourth-order valence-corrected chi connectivity index (χ4v) is 3.79. The Morgan fingerprint density at radius 3 is 2.75 bits per heavy atom. The quantitative estimate of drug-likeness (QED) is 0.768. The Morgan fingerprint density at radius 2 is 2.00 bits per heavy atom. The van der Waals surface area contributed by atoms with Crippen molar-refractivity contribution in [3.8, 4) is 11.8 Å². The summed E-state index contributed by atoms with van der Waals surface area (Å²) in [6, 6.07) is 5.85. The molecule has 0 saturated carbocycles. The van der Waals surface area contributed by atoms with Crippen molar-refractivity contribution in [2.24, 2.45) is 5.92 Å². The normalized spacial score (nSPS) is 24.8. The van der Waals surface area contributed by atoms with Crippen molar-refractivity contribution < 1.29 is 4.79 Å². The molecule has 2 saturated heterocycles. The Labute approximate surface area is 150 Å². The largest absolute Gasteiger partial charge is 0.332 e.